The second kappa shape index (κ2) is 7.02. The third-order valence-corrected chi connectivity index (χ3v) is 5.60. The molecule has 1 heterocycles. The Balaban J connectivity index is 1.88. The van der Waals surface area contributed by atoms with E-state index >= 15 is 0 Å². The van der Waals surface area contributed by atoms with Crippen LogP contribution in [0.15, 0.2) is 48.5 Å². The van der Waals surface area contributed by atoms with E-state index in [4.69, 9.17) is 0 Å². The molecule has 0 aliphatic carbocycles. The zero-order chi connectivity index (χ0) is 18.0. The van der Waals surface area contributed by atoms with Crippen molar-refractivity contribution in [3.05, 3.63) is 79.9 Å². The van der Waals surface area contributed by atoms with Gasteiger partial charge in [0, 0.05) is 47.6 Å². The van der Waals surface area contributed by atoms with E-state index < -0.39 is 9.85 Å². The summed E-state index contributed by atoms with van der Waals surface area (Å²) in [6, 6.07) is 12.6. The number of non-ortho nitro benzene ring substituents is 2. The van der Waals surface area contributed by atoms with Gasteiger partial charge in [-0.2, -0.15) is 0 Å². The van der Waals surface area contributed by atoms with Crippen LogP contribution in [0.1, 0.15) is 34.5 Å². The van der Waals surface area contributed by atoms with Crippen LogP contribution in [-0.4, -0.2) is 15.6 Å². The van der Waals surface area contributed by atoms with Crippen LogP contribution in [0.5, 0.6) is 0 Å². The van der Waals surface area contributed by atoms with Crippen LogP contribution in [0, 0.1) is 20.2 Å². The minimum absolute atomic E-state index is 0.0111. The molecule has 1 aliphatic heterocycles. The summed E-state index contributed by atoms with van der Waals surface area (Å²) in [5.74, 6) is 0.0479. The van der Waals surface area contributed by atoms with Crippen molar-refractivity contribution in [3.8, 4) is 0 Å². The molecule has 0 bridgehead atoms. The van der Waals surface area contributed by atoms with Gasteiger partial charge in [0.1, 0.15) is 5.78 Å². The molecule has 1 saturated heterocycles. The van der Waals surface area contributed by atoms with Crippen molar-refractivity contribution < 1.29 is 14.6 Å². The number of carbonyl (C=O) groups excluding carboxylic acids is 1. The number of Topliss-reactive ketones (excluding diaryl/α,β-unsaturated/α-hetero) is 1. The Morgan fingerprint density at radius 2 is 1.28 bits per heavy atom. The first kappa shape index (κ1) is 17.1. The summed E-state index contributed by atoms with van der Waals surface area (Å²) in [6.07, 6.45) is 0.606. The lowest BCUT2D eigenvalue weighted by Crippen LogP contribution is -2.16. The van der Waals surface area contributed by atoms with E-state index in [-0.39, 0.29) is 27.7 Å². The molecule has 8 heteroatoms. The first-order valence-corrected chi connectivity index (χ1v) is 8.54. The van der Waals surface area contributed by atoms with E-state index in [9.17, 15) is 25.0 Å². The molecule has 2 atom stereocenters. The number of hydrogen-bond acceptors (Lipinski definition) is 6. The predicted molar refractivity (Wildman–Crippen MR) is 93.5 cm³/mol. The Labute approximate surface area is 147 Å². The molecule has 2 aromatic rings. The van der Waals surface area contributed by atoms with Gasteiger partial charge in [0.15, 0.2) is 0 Å². The normalized spacial score (nSPS) is 20.2. The Hall–Kier alpha value is -2.74. The summed E-state index contributed by atoms with van der Waals surface area (Å²) in [4.78, 5) is 33.2. The summed E-state index contributed by atoms with van der Waals surface area (Å²) in [5.41, 5.74) is 1.43. The Morgan fingerprint density at radius 1 is 0.840 bits per heavy atom. The van der Waals surface area contributed by atoms with E-state index in [2.05, 4.69) is 0 Å². The fourth-order valence-corrected chi connectivity index (χ4v) is 4.43. The van der Waals surface area contributed by atoms with Gasteiger partial charge in [0.25, 0.3) is 11.4 Å². The van der Waals surface area contributed by atoms with Crippen LogP contribution in [0.4, 0.5) is 11.4 Å². The first-order valence-electron chi connectivity index (χ1n) is 7.60. The number of rotatable bonds is 4. The molecule has 1 aliphatic rings. The fourth-order valence-electron chi connectivity index (χ4n) is 2.86. The number of benzene rings is 2. The number of ketones is 1. The third kappa shape index (κ3) is 3.85. The van der Waals surface area contributed by atoms with Gasteiger partial charge in [-0.25, -0.2) is 0 Å². The number of nitro groups is 2. The van der Waals surface area contributed by atoms with Gasteiger partial charge in [-0.05, 0) is 11.1 Å². The minimum Gasteiger partial charge on any atom is -0.300 e. The van der Waals surface area contributed by atoms with Crippen molar-refractivity contribution in [1.29, 1.82) is 0 Å². The molecule has 25 heavy (non-hydrogen) atoms. The molecule has 0 spiro atoms. The number of thioether (sulfide) groups is 1. The largest absolute Gasteiger partial charge is 0.300 e. The lowest BCUT2D eigenvalue weighted by Gasteiger charge is -2.28. The monoisotopic (exact) mass is 358 g/mol. The fraction of sp³-hybridized carbons (Fsp3) is 0.235. The SMILES string of the molecule is O=C1CC(c2cccc([N+](=O)[O-])c2)SC(c2cccc([N+](=O)[O-])c2)C1. The van der Waals surface area contributed by atoms with E-state index in [0.717, 1.165) is 11.1 Å². The summed E-state index contributed by atoms with van der Waals surface area (Å²) < 4.78 is 0. The molecular weight excluding hydrogens is 344 g/mol. The van der Waals surface area contributed by atoms with E-state index in [0.29, 0.717) is 12.8 Å². The number of nitro benzene ring substituents is 2. The van der Waals surface area contributed by atoms with Gasteiger partial charge in [0.2, 0.25) is 0 Å². The molecule has 3 rings (SSSR count). The van der Waals surface area contributed by atoms with Crippen LogP contribution in [0.2, 0.25) is 0 Å². The first-order chi connectivity index (χ1) is 11.9. The van der Waals surface area contributed by atoms with E-state index in [1.807, 2.05) is 0 Å². The maximum Gasteiger partial charge on any atom is 0.269 e. The van der Waals surface area contributed by atoms with Gasteiger partial charge in [-0.3, -0.25) is 25.0 Å². The quantitative estimate of drug-likeness (QED) is 0.593. The molecule has 1 fully saturated rings. The number of hydrogen-bond donors (Lipinski definition) is 0. The van der Waals surface area contributed by atoms with E-state index in [1.54, 1.807) is 24.3 Å². The van der Waals surface area contributed by atoms with Gasteiger partial charge in [0.05, 0.1) is 9.85 Å². The maximum absolute atomic E-state index is 12.2. The molecule has 0 amide bonds. The molecule has 0 aromatic heterocycles. The molecule has 7 nitrogen and oxygen atoms in total. The van der Waals surface area contributed by atoms with Crippen molar-refractivity contribution in [2.24, 2.45) is 0 Å². The third-order valence-electron chi connectivity index (χ3n) is 4.06. The average molecular weight is 358 g/mol. The highest BCUT2D eigenvalue weighted by Crippen LogP contribution is 2.49. The molecular formula is C17H14N2O5S. The molecule has 0 radical (unpaired) electrons. The summed E-state index contributed by atoms with van der Waals surface area (Å²) in [5, 5.41) is 21.5. The molecule has 2 aromatic carbocycles. The zero-order valence-electron chi connectivity index (χ0n) is 13.0. The summed E-state index contributed by atoms with van der Waals surface area (Å²) in [6.45, 7) is 0. The lowest BCUT2D eigenvalue weighted by molar-refractivity contribution is -0.385. The Bertz CT molecular complexity index is 787. The van der Waals surface area contributed by atoms with Gasteiger partial charge < -0.3 is 0 Å². The van der Waals surface area contributed by atoms with Gasteiger partial charge >= 0.3 is 0 Å². The topological polar surface area (TPSA) is 103 Å². The molecule has 0 saturated carbocycles. The molecule has 128 valence electrons. The smallest absolute Gasteiger partial charge is 0.269 e. The zero-order valence-corrected chi connectivity index (χ0v) is 13.8. The highest BCUT2D eigenvalue weighted by atomic mass is 32.2. The van der Waals surface area contributed by atoms with Crippen molar-refractivity contribution in [2.75, 3.05) is 0 Å². The predicted octanol–water partition coefficient (Wildman–Crippen LogP) is 4.38. The van der Waals surface area contributed by atoms with Crippen LogP contribution < -0.4 is 0 Å². The summed E-state index contributed by atoms with van der Waals surface area (Å²) in [7, 11) is 0. The highest BCUT2D eigenvalue weighted by molar-refractivity contribution is 7.99. The van der Waals surface area contributed by atoms with Crippen molar-refractivity contribution in [1.82, 2.24) is 0 Å². The Morgan fingerprint density at radius 3 is 1.68 bits per heavy atom. The van der Waals surface area contributed by atoms with Crippen molar-refractivity contribution in [3.63, 3.8) is 0 Å². The van der Waals surface area contributed by atoms with Crippen LogP contribution in [0.3, 0.4) is 0 Å². The second-order valence-electron chi connectivity index (χ2n) is 5.76. The van der Waals surface area contributed by atoms with Gasteiger partial charge in [-0.1, -0.05) is 24.3 Å². The molecule has 0 N–H and O–H groups in total. The lowest BCUT2D eigenvalue weighted by atomic mass is 10.00. The highest BCUT2D eigenvalue weighted by Gasteiger charge is 2.31. The second-order valence-corrected chi connectivity index (χ2v) is 7.17. The maximum atomic E-state index is 12.2. The average Bonchev–Trinajstić information content (AvgIpc) is 2.61. The summed E-state index contributed by atoms with van der Waals surface area (Å²) >= 11 is 1.52. The van der Waals surface area contributed by atoms with Crippen LogP contribution >= 0.6 is 11.8 Å². The van der Waals surface area contributed by atoms with Gasteiger partial charge in [-0.15, -0.1) is 11.8 Å². The number of nitrogens with zero attached hydrogens (tertiary/aromatic N) is 2. The molecule has 2 unspecified atom stereocenters. The number of carbonyl (C=O) groups is 1. The van der Waals surface area contributed by atoms with E-state index in [1.165, 1.54) is 36.0 Å². The van der Waals surface area contributed by atoms with Crippen molar-refractivity contribution >= 4 is 28.9 Å². The van der Waals surface area contributed by atoms with Crippen LogP contribution in [0.25, 0.3) is 0 Å². The Kier molecular flexibility index (Phi) is 4.80. The van der Waals surface area contributed by atoms with Crippen LogP contribution in [-0.2, 0) is 4.79 Å². The standard InChI is InChI=1S/C17H14N2O5S/c20-15-9-16(11-3-1-5-13(7-11)18(21)22)25-17(10-15)12-4-2-6-14(8-12)19(23)24/h1-8,16-17H,9-10H2. The minimum atomic E-state index is -0.461. The van der Waals surface area contributed by atoms with Crippen molar-refractivity contribution in [2.45, 2.75) is 23.3 Å².